The molecule has 1 rings (SSSR count). The number of hydrogen-bond donors (Lipinski definition) is 2. The van der Waals surface area contributed by atoms with Crippen molar-refractivity contribution in [3.05, 3.63) is 28.8 Å². The molecule has 0 aliphatic carbocycles. The molecule has 0 spiro atoms. The molecule has 0 saturated carbocycles. The van der Waals surface area contributed by atoms with E-state index in [0.29, 0.717) is 6.07 Å². The number of nitrogens with two attached hydrogens (primary N) is 2. The van der Waals surface area contributed by atoms with Gasteiger partial charge in [0, 0.05) is 18.2 Å². The van der Waals surface area contributed by atoms with E-state index in [4.69, 9.17) is 11.5 Å². The van der Waals surface area contributed by atoms with Crippen molar-refractivity contribution in [1.29, 1.82) is 0 Å². The van der Waals surface area contributed by atoms with Crippen molar-refractivity contribution in [2.75, 3.05) is 13.7 Å². The fourth-order valence-electron chi connectivity index (χ4n) is 1.69. The molecule has 0 aliphatic heterocycles. The predicted molar refractivity (Wildman–Crippen MR) is 59.0 cm³/mol. The van der Waals surface area contributed by atoms with E-state index in [9.17, 15) is 26.3 Å². The quantitative estimate of drug-likeness (QED) is 0.844. The SMILES string of the molecule is COc1cc(C(F)(F)F)cc(C(F)(F)F)c1[C@H](N)CN. The van der Waals surface area contributed by atoms with E-state index in [1.807, 2.05) is 0 Å². The lowest BCUT2D eigenvalue weighted by Crippen LogP contribution is -2.26. The summed E-state index contributed by atoms with van der Waals surface area (Å²) in [5, 5.41) is 0. The fourth-order valence-corrected chi connectivity index (χ4v) is 1.69. The number of hydrogen-bond acceptors (Lipinski definition) is 3. The Morgan fingerprint density at radius 3 is 2.00 bits per heavy atom. The van der Waals surface area contributed by atoms with Crippen LogP contribution in [0, 0.1) is 0 Å². The highest BCUT2D eigenvalue weighted by Crippen LogP contribution is 2.43. The molecular formula is C11H12F6N2O. The van der Waals surface area contributed by atoms with Crippen LogP contribution in [0.3, 0.4) is 0 Å². The Balaban J connectivity index is 3.65. The van der Waals surface area contributed by atoms with E-state index in [1.54, 1.807) is 0 Å². The average molecular weight is 302 g/mol. The standard InChI is InChI=1S/C11H12F6N2O/c1-20-8-3-5(10(12,13)14)2-6(11(15,16)17)9(8)7(19)4-18/h2-3,7H,4,18-19H2,1H3/t7-/m1/s1. The van der Waals surface area contributed by atoms with Crippen molar-refractivity contribution < 1.29 is 31.1 Å². The second-order valence-electron chi connectivity index (χ2n) is 3.98. The molecule has 20 heavy (non-hydrogen) atoms. The minimum atomic E-state index is -5.00. The van der Waals surface area contributed by atoms with Crippen LogP contribution in [-0.4, -0.2) is 13.7 Å². The highest BCUT2D eigenvalue weighted by molar-refractivity contribution is 5.48. The number of benzene rings is 1. The molecule has 0 radical (unpaired) electrons. The molecule has 0 unspecified atom stereocenters. The molecule has 0 heterocycles. The summed E-state index contributed by atoms with van der Waals surface area (Å²) >= 11 is 0. The van der Waals surface area contributed by atoms with E-state index >= 15 is 0 Å². The van der Waals surface area contributed by atoms with Gasteiger partial charge in [-0.15, -0.1) is 0 Å². The predicted octanol–water partition coefficient (Wildman–Crippen LogP) is 2.69. The number of rotatable bonds is 3. The first-order valence-corrected chi connectivity index (χ1v) is 5.34. The molecule has 114 valence electrons. The van der Waals surface area contributed by atoms with Crippen molar-refractivity contribution >= 4 is 0 Å². The van der Waals surface area contributed by atoms with Crippen molar-refractivity contribution in [3.63, 3.8) is 0 Å². The normalized spacial score (nSPS) is 14.2. The molecule has 0 fully saturated rings. The van der Waals surface area contributed by atoms with Crippen LogP contribution in [0.1, 0.15) is 22.7 Å². The zero-order valence-corrected chi connectivity index (χ0v) is 10.3. The Morgan fingerprint density at radius 2 is 1.65 bits per heavy atom. The number of ether oxygens (including phenoxy) is 1. The first kappa shape index (κ1) is 16.6. The summed E-state index contributed by atoms with van der Waals surface area (Å²) in [5.74, 6) is -0.592. The van der Waals surface area contributed by atoms with Gasteiger partial charge in [0.2, 0.25) is 0 Å². The first-order valence-electron chi connectivity index (χ1n) is 5.34. The molecule has 0 bridgehead atoms. The molecule has 0 amide bonds. The van der Waals surface area contributed by atoms with Crippen LogP contribution < -0.4 is 16.2 Å². The third-order valence-corrected chi connectivity index (χ3v) is 2.62. The van der Waals surface area contributed by atoms with Gasteiger partial charge >= 0.3 is 12.4 Å². The molecule has 0 aromatic heterocycles. The van der Waals surface area contributed by atoms with Crippen LogP contribution in [0.2, 0.25) is 0 Å². The van der Waals surface area contributed by atoms with Gasteiger partial charge in [0.15, 0.2) is 0 Å². The van der Waals surface area contributed by atoms with Gasteiger partial charge in [-0.2, -0.15) is 26.3 Å². The van der Waals surface area contributed by atoms with E-state index in [2.05, 4.69) is 4.74 Å². The molecule has 4 N–H and O–H groups in total. The lowest BCUT2D eigenvalue weighted by Gasteiger charge is -2.22. The summed E-state index contributed by atoms with van der Waals surface area (Å²) in [6, 6.07) is -0.808. The summed E-state index contributed by atoms with van der Waals surface area (Å²) in [6.07, 6.45) is -9.94. The number of methoxy groups -OCH3 is 1. The lowest BCUT2D eigenvalue weighted by molar-refractivity contribution is -0.143. The van der Waals surface area contributed by atoms with Crippen LogP contribution in [0.25, 0.3) is 0 Å². The van der Waals surface area contributed by atoms with E-state index < -0.39 is 40.8 Å². The minimum Gasteiger partial charge on any atom is -0.496 e. The third-order valence-electron chi connectivity index (χ3n) is 2.62. The van der Waals surface area contributed by atoms with Gasteiger partial charge in [0.05, 0.1) is 18.2 Å². The van der Waals surface area contributed by atoms with Gasteiger partial charge in [0.25, 0.3) is 0 Å². The highest BCUT2D eigenvalue weighted by atomic mass is 19.4. The molecule has 1 atom stereocenters. The summed E-state index contributed by atoms with van der Waals surface area (Å²) in [4.78, 5) is 0. The van der Waals surface area contributed by atoms with Gasteiger partial charge in [-0.05, 0) is 12.1 Å². The largest absolute Gasteiger partial charge is 0.496 e. The summed E-state index contributed by atoms with van der Waals surface area (Å²) in [7, 11) is 0.961. The average Bonchev–Trinajstić information content (AvgIpc) is 2.33. The van der Waals surface area contributed by atoms with Gasteiger partial charge in [-0.25, -0.2) is 0 Å². The number of alkyl halides is 6. The smallest absolute Gasteiger partial charge is 0.416 e. The van der Waals surface area contributed by atoms with E-state index in [0.717, 1.165) is 7.11 Å². The minimum absolute atomic E-state index is 0.00731. The molecule has 3 nitrogen and oxygen atoms in total. The number of halogens is 6. The van der Waals surface area contributed by atoms with Gasteiger partial charge in [-0.3, -0.25) is 0 Å². The maximum absolute atomic E-state index is 12.9. The van der Waals surface area contributed by atoms with Gasteiger partial charge in [-0.1, -0.05) is 0 Å². The fraction of sp³-hybridized carbons (Fsp3) is 0.455. The van der Waals surface area contributed by atoms with Crippen molar-refractivity contribution in [2.24, 2.45) is 11.5 Å². The zero-order chi connectivity index (χ0) is 15.7. The zero-order valence-electron chi connectivity index (χ0n) is 10.3. The Bertz CT molecular complexity index is 483. The third kappa shape index (κ3) is 3.34. The summed E-state index contributed by atoms with van der Waals surface area (Å²) in [6.45, 7) is -0.370. The van der Waals surface area contributed by atoms with Crippen molar-refractivity contribution in [1.82, 2.24) is 0 Å². The maximum atomic E-state index is 12.9. The molecule has 0 aliphatic rings. The van der Waals surface area contributed by atoms with Crippen LogP contribution in [0.5, 0.6) is 5.75 Å². The first-order chi connectivity index (χ1) is 9.02. The van der Waals surface area contributed by atoms with Crippen LogP contribution >= 0.6 is 0 Å². The van der Waals surface area contributed by atoms with Crippen LogP contribution in [0.4, 0.5) is 26.3 Å². The topological polar surface area (TPSA) is 61.3 Å². The second-order valence-corrected chi connectivity index (χ2v) is 3.98. The Hall–Kier alpha value is -1.48. The molecular weight excluding hydrogens is 290 g/mol. The van der Waals surface area contributed by atoms with Gasteiger partial charge in [0.1, 0.15) is 5.75 Å². The summed E-state index contributed by atoms with van der Waals surface area (Å²) < 4.78 is 81.2. The van der Waals surface area contributed by atoms with Crippen molar-refractivity contribution in [2.45, 2.75) is 18.4 Å². The van der Waals surface area contributed by atoms with Crippen molar-refractivity contribution in [3.8, 4) is 5.75 Å². The van der Waals surface area contributed by atoms with Crippen LogP contribution in [-0.2, 0) is 12.4 Å². The molecule has 9 heteroatoms. The van der Waals surface area contributed by atoms with Crippen LogP contribution in [0.15, 0.2) is 12.1 Å². The Morgan fingerprint density at radius 1 is 1.10 bits per heavy atom. The second kappa shape index (κ2) is 5.49. The molecule has 1 aromatic rings. The Labute approximate surface area is 110 Å². The summed E-state index contributed by atoms with van der Waals surface area (Å²) in [5.41, 5.74) is 7.09. The molecule has 0 saturated heterocycles. The monoisotopic (exact) mass is 302 g/mol. The Kier molecular flexibility index (Phi) is 4.55. The van der Waals surface area contributed by atoms with Gasteiger partial charge < -0.3 is 16.2 Å². The maximum Gasteiger partial charge on any atom is 0.416 e. The van der Waals surface area contributed by atoms with E-state index in [-0.39, 0.29) is 12.6 Å². The highest BCUT2D eigenvalue weighted by Gasteiger charge is 2.40. The lowest BCUT2D eigenvalue weighted by atomic mass is 9.96. The molecule has 1 aromatic carbocycles. The van der Waals surface area contributed by atoms with E-state index in [1.165, 1.54) is 0 Å².